The lowest BCUT2D eigenvalue weighted by atomic mass is 9.87. The minimum atomic E-state index is 0.112. The first kappa shape index (κ1) is 21.5. The van der Waals surface area contributed by atoms with E-state index in [1.54, 1.807) is 6.20 Å². The molecule has 0 atom stereocenters. The fraction of sp³-hybridized carbons (Fsp3) is 0.222. The van der Waals surface area contributed by atoms with Crippen LogP contribution in [0.4, 0.5) is 5.82 Å². The summed E-state index contributed by atoms with van der Waals surface area (Å²) in [5.74, 6) is 1.25. The maximum absolute atomic E-state index is 7.66. The molecule has 0 saturated heterocycles. The van der Waals surface area contributed by atoms with Crippen LogP contribution < -0.4 is 11.1 Å². The van der Waals surface area contributed by atoms with Crippen LogP contribution in [0.3, 0.4) is 0 Å². The average molecular weight is 424 g/mol. The molecule has 162 valence electrons. The van der Waals surface area contributed by atoms with Gasteiger partial charge in [-0.05, 0) is 51.5 Å². The van der Waals surface area contributed by atoms with Gasteiger partial charge in [-0.3, -0.25) is 4.99 Å². The molecule has 0 radical (unpaired) electrons. The second kappa shape index (κ2) is 8.42. The zero-order valence-electron chi connectivity index (χ0n) is 18.9. The number of anilines is 1. The summed E-state index contributed by atoms with van der Waals surface area (Å²) in [6.45, 7) is 11.6. The highest BCUT2D eigenvalue weighted by molar-refractivity contribution is 6.03. The minimum absolute atomic E-state index is 0.112. The second-order valence-corrected chi connectivity index (χ2v) is 9.18. The molecule has 5 nitrogen and oxygen atoms in total. The number of nitrogen functional groups attached to an aromatic ring is 1. The van der Waals surface area contributed by atoms with Crippen molar-refractivity contribution >= 4 is 34.3 Å². The van der Waals surface area contributed by atoms with E-state index in [2.05, 4.69) is 85.1 Å². The van der Waals surface area contributed by atoms with E-state index in [1.807, 2.05) is 6.07 Å². The van der Waals surface area contributed by atoms with Gasteiger partial charge < -0.3 is 16.5 Å². The van der Waals surface area contributed by atoms with E-state index >= 15 is 0 Å². The number of benzene rings is 2. The Hall–Kier alpha value is -3.73. The molecule has 4 rings (SSSR count). The first-order chi connectivity index (χ1) is 15.3. The van der Waals surface area contributed by atoms with Crippen molar-refractivity contribution in [2.24, 2.45) is 10.4 Å². The number of nitrogens with one attached hydrogen (secondary N) is 2. The van der Waals surface area contributed by atoms with Crippen molar-refractivity contribution in [1.29, 1.82) is 5.41 Å². The zero-order valence-corrected chi connectivity index (χ0v) is 18.9. The number of hydrogen-bond acceptors (Lipinski definition) is 5. The summed E-state index contributed by atoms with van der Waals surface area (Å²) < 4.78 is 0. The molecule has 0 amide bonds. The van der Waals surface area contributed by atoms with Gasteiger partial charge in [0.25, 0.3) is 0 Å². The number of nitrogens with two attached hydrogens (primary N) is 1. The Morgan fingerprint density at radius 3 is 2.75 bits per heavy atom. The standard InChI is InChI=1S/C27H29N5/c1-17(32-25-14-21(16-31-25)27(2,3)4)22-7-5-6-19-12-18(8-9-23(19)22)13-20-10-11-30-26(29)24(20)15-28/h5-12,14-15,28H,1,13,16H2,2-4H3,(H2,29,30)(H,31,32). The molecule has 0 bridgehead atoms. The third-order valence-corrected chi connectivity index (χ3v) is 5.89. The molecule has 32 heavy (non-hydrogen) atoms. The van der Waals surface area contributed by atoms with Crippen LogP contribution in [0.15, 0.2) is 71.9 Å². The molecular formula is C27H29N5. The van der Waals surface area contributed by atoms with Gasteiger partial charge in [0, 0.05) is 29.2 Å². The Morgan fingerprint density at radius 2 is 2.03 bits per heavy atom. The van der Waals surface area contributed by atoms with Crippen LogP contribution in [0.2, 0.25) is 0 Å². The second-order valence-electron chi connectivity index (χ2n) is 9.18. The van der Waals surface area contributed by atoms with E-state index in [9.17, 15) is 0 Å². The molecule has 0 spiro atoms. The van der Waals surface area contributed by atoms with Crippen LogP contribution in [0.25, 0.3) is 16.5 Å². The predicted octanol–water partition coefficient (Wildman–Crippen LogP) is 5.35. The van der Waals surface area contributed by atoms with Crippen molar-refractivity contribution < 1.29 is 0 Å². The van der Waals surface area contributed by atoms with Gasteiger partial charge in [-0.2, -0.15) is 0 Å². The molecule has 0 fully saturated rings. The first-order valence-corrected chi connectivity index (χ1v) is 10.7. The summed E-state index contributed by atoms with van der Waals surface area (Å²) in [5, 5.41) is 13.3. The molecule has 3 aromatic rings. The first-order valence-electron chi connectivity index (χ1n) is 10.7. The lowest BCUT2D eigenvalue weighted by molar-refractivity contribution is 0.499. The molecule has 1 aliphatic heterocycles. The summed E-state index contributed by atoms with van der Waals surface area (Å²) in [4.78, 5) is 8.72. The smallest absolute Gasteiger partial charge is 0.132 e. The Morgan fingerprint density at radius 1 is 1.22 bits per heavy atom. The average Bonchev–Trinajstić information content (AvgIpc) is 3.22. The molecule has 1 aromatic heterocycles. The lowest BCUT2D eigenvalue weighted by Gasteiger charge is -2.18. The normalized spacial score (nSPS) is 13.6. The van der Waals surface area contributed by atoms with Gasteiger partial charge in [0.1, 0.15) is 11.7 Å². The Balaban J connectivity index is 1.59. The zero-order chi connectivity index (χ0) is 22.9. The molecule has 5 heteroatoms. The van der Waals surface area contributed by atoms with Gasteiger partial charge >= 0.3 is 0 Å². The third-order valence-electron chi connectivity index (χ3n) is 5.89. The van der Waals surface area contributed by atoms with Gasteiger partial charge in [0.15, 0.2) is 0 Å². The predicted molar refractivity (Wildman–Crippen MR) is 135 cm³/mol. The highest BCUT2D eigenvalue weighted by atomic mass is 15.0. The van der Waals surface area contributed by atoms with Crippen LogP contribution in [-0.4, -0.2) is 23.6 Å². The van der Waals surface area contributed by atoms with Crippen LogP contribution in [0, 0.1) is 10.8 Å². The highest BCUT2D eigenvalue weighted by Gasteiger charge is 2.21. The van der Waals surface area contributed by atoms with Crippen molar-refractivity contribution in [3.8, 4) is 0 Å². The molecule has 0 saturated carbocycles. The monoisotopic (exact) mass is 423 g/mol. The molecule has 0 aliphatic carbocycles. The summed E-state index contributed by atoms with van der Waals surface area (Å²) >= 11 is 0. The minimum Gasteiger partial charge on any atom is -0.383 e. The number of aliphatic imine (C=N–C) groups is 1. The number of rotatable bonds is 5. The largest absolute Gasteiger partial charge is 0.383 e. The number of amidine groups is 1. The summed E-state index contributed by atoms with van der Waals surface area (Å²) in [5.41, 5.74) is 12.1. The molecule has 1 aliphatic rings. The van der Waals surface area contributed by atoms with E-state index in [0.29, 0.717) is 17.8 Å². The number of nitrogens with zero attached hydrogens (tertiary/aromatic N) is 2. The molecule has 2 aromatic carbocycles. The van der Waals surface area contributed by atoms with Crippen molar-refractivity contribution in [1.82, 2.24) is 10.3 Å². The number of aromatic nitrogens is 1. The number of hydrogen-bond donors (Lipinski definition) is 3. The van der Waals surface area contributed by atoms with Gasteiger partial charge in [-0.1, -0.05) is 63.7 Å². The molecule has 4 N–H and O–H groups in total. The fourth-order valence-corrected chi connectivity index (χ4v) is 3.96. The quantitative estimate of drug-likeness (QED) is 0.483. The Bertz CT molecular complexity index is 1270. The van der Waals surface area contributed by atoms with Crippen molar-refractivity contribution in [3.63, 3.8) is 0 Å². The van der Waals surface area contributed by atoms with E-state index in [0.717, 1.165) is 45.5 Å². The van der Waals surface area contributed by atoms with Crippen molar-refractivity contribution in [3.05, 3.63) is 89.1 Å². The van der Waals surface area contributed by atoms with Crippen LogP contribution in [0.1, 0.15) is 43.0 Å². The maximum atomic E-state index is 7.66. The van der Waals surface area contributed by atoms with E-state index in [4.69, 9.17) is 11.1 Å². The SMILES string of the molecule is C=C(NC1=NCC(C(C)(C)C)=C1)c1cccc2cc(Cc3ccnc(N)c3C=N)ccc12. The van der Waals surface area contributed by atoms with Crippen LogP contribution in [0.5, 0.6) is 0 Å². The summed E-state index contributed by atoms with van der Waals surface area (Å²) in [6, 6.07) is 14.6. The van der Waals surface area contributed by atoms with Gasteiger partial charge in [0.2, 0.25) is 0 Å². The lowest BCUT2D eigenvalue weighted by Crippen LogP contribution is -2.18. The molecule has 2 heterocycles. The van der Waals surface area contributed by atoms with Gasteiger partial charge in [-0.15, -0.1) is 0 Å². The van der Waals surface area contributed by atoms with Crippen molar-refractivity contribution in [2.45, 2.75) is 27.2 Å². The Labute approximate surface area is 189 Å². The number of pyridine rings is 1. The maximum Gasteiger partial charge on any atom is 0.132 e. The summed E-state index contributed by atoms with van der Waals surface area (Å²) in [6.07, 6.45) is 5.79. The topological polar surface area (TPSA) is 87.2 Å². The van der Waals surface area contributed by atoms with Crippen LogP contribution >= 0.6 is 0 Å². The van der Waals surface area contributed by atoms with Crippen LogP contribution in [-0.2, 0) is 6.42 Å². The van der Waals surface area contributed by atoms with E-state index in [1.165, 1.54) is 11.8 Å². The van der Waals surface area contributed by atoms with Crippen molar-refractivity contribution in [2.75, 3.05) is 12.3 Å². The van der Waals surface area contributed by atoms with E-state index in [-0.39, 0.29) is 5.41 Å². The van der Waals surface area contributed by atoms with Gasteiger partial charge in [0.05, 0.1) is 6.54 Å². The van der Waals surface area contributed by atoms with Gasteiger partial charge in [-0.25, -0.2) is 4.98 Å². The highest BCUT2D eigenvalue weighted by Crippen LogP contribution is 2.29. The fourth-order valence-electron chi connectivity index (χ4n) is 3.96. The Kier molecular flexibility index (Phi) is 5.66. The molecular weight excluding hydrogens is 394 g/mol. The third kappa shape index (κ3) is 4.33. The summed E-state index contributed by atoms with van der Waals surface area (Å²) in [7, 11) is 0. The molecule has 0 unspecified atom stereocenters. The van der Waals surface area contributed by atoms with E-state index < -0.39 is 0 Å². The number of fused-ring (bicyclic) bond motifs is 1.